The molecule has 0 aliphatic carbocycles. The Balaban J connectivity index is 3.37. The van der Waals surface area contributed by atoms with Crippen molar-refractivity contribution in [3.8, 4) is 11.6 Å². The number of ether oxygens (including phenoxy) is 3. The van der Waals surface area contributed by atoms with Crippen LogP contribution in [-0.2, 0) is 16.0 Å². The smallest absolute Gasteiger partial charge is 0.490 e. The van der Waals surface area contributed by atoms with Crippen LogP contribution in [0, 0.1) is 10.1 Å². The highest BCUT2D eigenvalue weighted by atomic mass is 19.4. The summed E-state index contributed by atoms with van der Waals surface area (Å²) in [6.07, 6.45) is -5.26. The first kappa shape index (κ1) is 17.5. The van der Waals surface area contributed by atoms with Gasteiger partial charge in [-0.25, -0.2) is 4.98 Å². The largest absolute Gasteiger partial charge is 0.574 e. The summed E-state index contributed by atoms with van der Waals surface area (Å²) in [6.45, 7) is 1.48. The summed E-state index contributed by atoms with van der Waals surface area (Å²) >= 11 is 0. The van der Waals surface area contributed by atoms with Crippen LogP contribution in [0.5, 0.6) is 11.6 Å². The molecule has 0 aliphatic rings. The number of esters is 1. The van der Waals surface area contributed by atoms with Crippen molar-refractivity contribution in [2.24, 2.45) is 0 Å². The lowest BCUT2D eigenvalue weighted by Crippen LogP contribution is -2.20. The van der Waals surface area contributed by atoms with E-state index in [2.05, 4.69) is 14.5 Å². The fourth-order valence-electron chi connectivity index (χ4n) is 1.58. The number of carbonyl (C=O) groups is 1. The van der Waals surface area contributed by atoms with Crippen molar-refractivity contribution < 1.29 is 37.1 Å². The van der Waals surface area contributed by atoms with E-state index in [0.717, 1.165) is 7.11 Å². The molecule has 0 saturated carbocycles. The zero-order valence-electron chi connectivity index (χ0n) is 11.5. The lowest BCUT2D eigenvalue weighted by molar-refractivity contribution is -0.386. The molecule has 0 atom stereocenters. The van der Waals surface area contributed by atoms with Crippen molar-refractivity contribution in [3.63, 3.8) is 0 Å². The van der Waals surface area contributed by atoms with Gasteiger partial charge in [-0.3, -0.25) is 14.9 Å². The number of hydrogen-bond donors (Lipinski definition) is 0. The van der Waals surface area contributed by atoms with Gasteiger partial charge in [0.1, 0.15) is 6.20 Å². The minimum Gasteiger partial charge on any atom is -0.490 e. The Morgan fingerprint density at radius 1 is 1.45 bits per heavy atom. The van der Waals surface area contributed by atoms with Crippen LogP contribution in [0.2, 0.25) is 0 Å². The van der Waals surface area contributed by atoms with Crippen molar-refractivity contribution in [1.82, 2.24) is 4.98 Å². The highest BCUT2D eigenvalue weighted by Gasteiger charge is 2.36. The number of nitro groups is 1. The first-order valence-electron chi connectivity index (χ1n) is 5.81. The average Bonchev–Trinajstić information content (AvgIpc) is 2.38. The number of nitrogens with zero attached hydrogens (tertiary/aromatic N) is 2. The highest BCUT2D eigenvalue weighted by molar-refractivity contribution is 5.75. The van der Waals surface area contributed by atoms with Gasteiger partial charge < -0.3 is 14.2 Å². The van der Waals surface area contributed by atoms with Crippen molar-refractivity contribution >= 4 is 11.7 Å². The van der Waals surface area contributed by atoms with Crippen LogP contribution in [-0.4, -0.2) is 36.0 Å². The molecule has 0 bridgehead atoms. The molecule has 0 unspecified atom stereocenters. The maximum Gasteiger partial charge on any atom is 0.574 e. The number of pyridine rings is 1. The zero-order valence-corrected chi connectivity index (χ0v) is 11.5. The lowest BCUT2D eigenvalue weighted by atomic mass is 10.1. The van der Waals surface area contributed by atoms with Crippen LogP contribution in [0.4, 0.5) is 18.9 Å². The van der Waals surface area contributed by atoms with E-state index in [4.69, 9.17) is 4.74 Å². The molecule has 1 aromatic heterocycles. The van der Waals surface area contributed by atoms with Gasteiger partial charge in [0.15, 0.2) is 0 Å². The van der Waals surface area contributed by atoms with Crippen LogP contribution in [0.15, 0.2) is 6.20 Å². The summed E-state index contributed by atoms with van der Waals surface area (Å²) in [5.74, 6) is -2.47. The molecule has 0 aromatic carbocycles. The maximum atomic E-state index is 12.3. The maximum absolute atomic E-state index is 12.3. The van der Waals surface area contributed by atoms with E-state index in [1.54, 1.807) is 0 Å². The van der Waals surface area contributed by atoms with E-state index >= 15 is 0 Å². The van der Waals surface area contributed by atoms with E-state index in [1.165, 1.54) is 6.92 Å². The second-order valence-corrected chi connectivity index (χ2v) is 3.75. The van der Waals surface area contributed by atoms with Gasteiger partial charge in [0.2, 0.25) is 11.6 Å². The molecule has 0 aliphatic heterocycles. The predicted molar refractivity (Wildman–Crippen MR) is 64.5 cm³/mol. The third-order valence-corrected chi connectivity index (χ3v) is 2.31. The van der Waals surface area contributed by atoms with Crippen molar-refractivity contribution in [3.05, 3.63) is 21.9 Å². The van der Waals surface area contributed by atoms with Gasteiger partial charge in [-0.05, 0) is 6.92 Å². The molecule has 0 saturated heterocycles. The molecule has 1 rings (SSSR count). The molecule has 22 heavy (non-hydrogen) atoms. The second-order valence-electron chi connectivity index (χ2n) is 3.75. The quantitative estimate of drug-likeness (QED) is 0.448. The Bertz CT molecular complexity index is 576. The van der Waals surface area contributed by atoms with Crippen molar-refractivity contribution in [2.45, 2.75) is 19.7 Å². The number of rotatable bonds is 6. The molecule has 11 heteroatoms. The Labute approximate surface area is 121 Å². The van der Waals surface area contributed by atoms with Crippen molar-refractivity contribution in [1.29, 1.82) is 0 Å². The number of aromatic nitrogens is 1. The molecule has 0 radical (unpaired) electrons. The first-order chi connectivity index (χ1) is 10.2. The van der Waals surface area contributed by atoms with Gasteiger partial charge in [0.05, 0.1) is 30.6 Å². The summed E-state index contributed by atoms with van der Waals surface area (Å²) in [5.41, 5.74) is -1.22. The number of halogens is 3. The van der Waals surface area contributed by atoms with E-state index in [0.29, 0.717) is 6.20 Å². The molecular weight excluding hydrogens is 313 g/mol. The van der Waals surface area contributed by atoms with Crippen LogP contribution in [0.25, 0.3) is 0 Å². The average molecular weight is 324 g/mol. The zero-order chi connectivity index (χ0) is 16.9. The van der Waals surface area contributed by atoms with Crippen LogP contribution in [0.3, 0.4) is 0 Å². The molecule has 0 fully saturated rings. The normalized spacial score (nSPS) is 11.0. The third kappa shape index (κ3) is 4.46. The summed E-state index contributed by atoms with van der Waals surface area (Å²) in [5, 5.41) is 10.8. The molecule has 1 aromatic rings. The Kier molecular flexibility index (Phi) is 5.49. The standard InChI is InChI=1S/C11H11F3N2O6/c1-3-21-8(17)4-6-9(20-2)7(16(18)19)5-15-10(6)22-11(12,13)14/h5H,3-4H2,1-2H3. The number of alkyl halides is 3. The fraction of sp³-hybridized carbons (Fsp3) is 0.455. The van der Waals surface area contributed by atoms with E-state index in [1.807, 2.05) is 0 Å². The first-order valence-corrected chi connectivity index (χ1v) is 5.81. The van der Waals surface area contributed by atoms with Crippen LogP contribution in [0.1, 0.15) is 12.5 Å². The van der Waals surface area contributed by atoms with E-state index in [9.17, 15) is 28.1 Å². The summed E-state index contributed by atoms with van der Waals surface area (Å²) in [7, 11) is 1.01. The monoisotopic (exact) mass is 324 g/mol. The lowest BCUT2D eigenvalue weighted by Gasteiger charge is -2.14. The van der Waals surface area contributed by atoms with Crippen LogP contribution < -0.4 is 9.47 Å². The second kappa shape index (κ2) is 6.91. The van der Waals surface area contributed by atoms with Gasteiger partial charge >= 0.3 is 18.0 Å². The molecule has 8 nitrogen and oxygen atoms in total. The molecule has 1 heterocycles. The summed E-state index contributed by atoms with van der Waals surface area (Å²) in [6, 6.07) is 0. The molecule has 0 N–H and O–H groups in total. The topological polar surface area (TPSA) is 101 Å². The van der Waals surface area contributed by atoms with Gasteiger partial charge in [-0.2, -0.15) is 0 Å². The van der Waals surface area contributed by atoms with Gasteiger partial charge in [-0.15, -0.1) is 13.2 Å². The van der Waals surface area contributed by atoms with E-state index in [-0.39, 0.29) is 6.61 Å². The third-order valence-electron chi connectivity index (χ3n) is 2.31. The van der Waals surface area contributed by atoms with Gasteiger partial charge in [0, 0.05) is 0 Å². The molecule has 122 valence electrons. The SMILES string of the molecule is CCOC(=O)Cc1c(OC(F)(F)F)ncc([N+](=O)[O-])c1OC. The number of methoxy groups -OCH3 is 1. The minimum absolute atomic E-state index is 0.0149. The number of carbonyl (C=O) groups excluding carboxylic acids is 1. The van der Waals surface area contributed by atoms with Gasteiger partial charge in [-0.1, -0.05) is 0 Å². The van der Waals surface area contributed by atoms with Gasteiger partial charge in [0.25, 0.3) is 0 Å². The van der Waals surface area contributed by atoms with E-state index < -0.39 is 46.6 Å². The van der Waals surface area contributed by atoms with Crippen LogP contribution >= 0.6 is 0 Å². The summed E-state index contributed by atoms with van der Waals surface area (Å²) < 4.78 is 50.1. The van der Waals surface area contributed by atoms with Crippen molar-refractivity contribution in [2.75, 3.05) is 13.7 Å². The Hall–Kier alpha value is -2.59. The predicted octanol–water partition coefficient (Wildman–Crippen LogP) is 2.00. The fourth-order valence-corrected chi connectivity index (χ4v) is 1.58. The number of hydrogen-bond acceptors (Lipinski definition) is 7. The molecule has 0 amide bonds. The Morgan fingerprint density at radius 3 is 2.55 bits per heavy atom. The minimum atomic E-state index is -5.09. The molecular formula is C11H11F3N2O6. The highest BCUT2D eigenvalue weighted by Crippen LogP contribution is 2.37. The Morgan fingerprint density at radius 2 is 2.09 bits per heavy atom. The molecule has 0 spiro atoms. The summed E-state index contributed by atoms with van der Waals surface area (Å²) in [4.78, 5) is 24.6.